The lowest BCUT2D eigenvalue weighted by Crippen LogP contribution is -2.44. The molecule has 0 N–H and O–H groups in total. The predicted molar refractivity (Wildman–Crippen MR) is 78.4 cm³/mol. The molecule has 1 aromatic rings. The molecule has 1 aliphatic rings. The second kappa shape index (κ2) is 5.74. The molecule has 1 saturated heterocycles. The summed E-state index contributed by atoms with van der Waals surface area (Å²) in [5, 5.41) is 0. The first-order chi connectivity index (χ1) is 9.29. The van der Waals surface area contributed by atoms with Gasteiger partial charge in [-0.25, -0.2) is 8.42 Å². The molecule has 20 heavy (non-hydrogen) atoms. The second-order valence-corrected chi connectivity index (χ2v) is 8.02. The van der Waals surface area contributed by atoms with Crippen LogP contribution < -0.4 is 0 Å². The van der Waals surface area contributed by atoms with Crippen LogP contribution in [0.3, 0.4) is 0 Å². The van der Waals surface area contributed by atoms with Crippen molar-refractivity contribution < 1.29 is 13.2 Å². The number of carbonyl (C=O) groups excluding carboxylic acids is 1. The van der Waals surface area contributed by atoms with E-state index in [1.54, 1.807) is 12.1 Å². The minimum Gasteiger partial charge on any atom is -0.336 e. The van der Waals surface area contributed by atoms with Crippen LogP contribution in [0.25, 0.3) is 0 Å². The number of carbonyl (C=O) groups is 1. The third kappa shape index (κ3) is 3.33. The van der Waals surface area contributed by atoms with Crippen molar-refractivity contribution in [1.29, 1.82) is 0 Å². The Hall–Kier alpha value is -1.07. The van der Waals surface area contributed by atoms with Crippen LogP contribution in [0.5, 0.6) is 0 Å². The molecular formula is C14H18ClNO3S. The molecule has 0 saturated carbocycles. The maximum Gasteiger partial charge on any atom is 0.261 e. The molecule has 4 nitrogen and oxygen atoms in total. The van der Waals surface area contributed by atoms with Crippen molar-refractivity contribution in [2.45, 2.75) is 37.6 Å². The van der Waals surface area contributed by atoms with Gasteiger partial charge in [0, 0.05) is 28.8 Å². The summed E-state index contributed by atoms with van der Waals surface area (Å²) in [6, 6.07) is 6.08. The number of hydrogen-bond donors (Lipinski definition) is 0. The Labute approximate surface area is 124 Å². The summed E-state index contributed by atoms with van der Waals surface area (Å²) < 4.78 is 22.7. The lowest BCUT2D eigenvalue weighted by Gasteiger charge is -2.36. The molecule has 1 fully saturated rings. The normalized spacial score (nSPS) is 23.6. The van der Waals surface area contributed by atoms with E-state index in [0.29, 0.717) is 18.0 Å². The molecule has 2 rings (SSSR count). The van der Waals surface area contributed by atoms with Crippen LogP contribution in [0.4, 0.5) is 0 Å². The zero-order valence-corrected chi connectivity index (χ0v) is 13.1. The first-order valence-corrected chi connectivity index (χ1v) is 8.95. The minimum atomic E-state index is -3.81. The average Bonchev–Trinajstić information content (AvgIpc) is 2.40. The lowest BCUT2D eigenvalue weighted by atomic mass is 9.94. The number of amides is 1. The van der Waals surface area contributed by atoms with Gasteiger partial charge >= 0.3 is 0 Å². The van der Waals surface area contributed by atoms with Crippen molar-refractivity contribution in [2.24, 2.45) is 5.92 Å². The van der Waals surface area contributed by atoms with E-state index in [9.17, 15) is 13.2 Å². The van der Waals surface area contributed by atoms with Gasteiger partial charge in [0.05, 0.1) is 4.90 Å². The number of halogens is 1. The number of rotatable bonds is 2. The van der Waals surface area contributed by atoms with Crippen LogP contribution >= 0.6 is 10.7 Å². The Bertz CT molecular complexity index is 615. The van der Waals surface area contributed by atoms with Gasteiger partial charge < -0.3 is 4.90 Å². The highest BCUT2D eigenvalue weighted by atomic mass is 35.7. The Balaban J connectivity index is 2.29. The van der Waals surface area contributed by atoms with Crippen molar-refractivity contribution in [2.75, 3.05) is 6.54 Å². The van der Waals surface area contributed by atoms with Crippen LogP contribution in [0.1, 0.15) is 37.0 Å². The van der Waals surface area contributed by atoms with Gasteiger partial charge in [0.25, 0.3) is 15.0 Å². The molecule has 2 atom stereocenters. The highest BCUT2D eigenvalue weighted by molar-refractivity contribution is 8.13. The fraction of sp³-hybridized carbons (Fsp3) is 0.500. The lowest BCUT2D eigenvalue weighted by molar-refractivity contribution is 0.0574. The second-order valence-electron chi connectivity index (χ2n) is 5.45. The van der Waals surface area contributed by atoms with E-state index >= 15 is 0 Å². The first-order valence-electron chi connectivity index (χ1n) is 6.64. The summed E-state index contributed by atoms with van der Waals surface area (Å²) in [6.45, 7) is 4.84. The fourth-order valence-corrected chi connectivity index (χ4v) is 3.32. The van der Waals surface area contributed by atoms with Gasteiger partial charge in [-0.3, -0.25) is 4.79 Å². The smallest absolute Gasteiger partial charge is 0.261 e. The molecule has 1 aromatic carbocycles. The molecule has 6 heteroatoms. The van der Waals surface area contributed by atoms with Crippen LogP contribution in [-0.4, -0.2) is 31.8 Å². The van der Waals surface area contributed by atoms with Crippen LogP contribution in [0.2, 0.25) is 0 Å². The topological polar surface area (TPSA) is 54.5 Å². The number of benzene rings is 1. The van der Waals surface area contributed by atoms with E-state index < -0.39 is 9.05 Å². The summed E-state index contributed by atoms with van der Waals surface area (Å²) in [5.74, 6) is 0.335. The first kappa shape index (κ1) is 15.3. The van der Waals surface area contributed by atoms with Gasteiger partial charge in [0.1, 0.15) is 0 Å². The number of likely N-dealkylation sites (tertiary alicyclic amines) is 1. The molecule has 0 aromatic heterocycles. The van der Waals surface area contributed by atoms with Gasteiger partial charge in [-0.1, -0.05) is 13.0 Å². The van der Waals surface area contributed by atoms with E-state index in [0.717, 1.165) is 12.8 Å². The van der Waals surface area contributed by atoms with Crippen molar-refractivity contribution in [3.63, 3.8) is 0 Å². The Kier molecular flexibility index (Phi) is 4.39. The quantitative estimate of drug-likeness (QED) is 0.789. The molecule has 1 aliphatic heterocycles. The molecule has 0 bridgehead atoms. The molecule has 110 valence electrons. The third-order valence-corrected chi connectivity index (χ3v) is 5.09. The SMILES string of the molecule is CC1CCC(C)N(C(=O)c2cccc(S(=O)(=O)Cl)c2)C1. The largest absolute Gasteiger partial charge is 0.336 e. The van der Waals surface area contributed by atoms with E-state index in [2.05, 4.69) is 6.92 Å². The molecule has 0 aliphatic carbocycles. The van der Waals surface area contributed by atoms with Gasteiger partial charge in [0.15, 0.2) is 0 Å². The van der Waals surface area contributed by atoms with E-state index in [1.807, 2.05) is 11.8 Å². The molecule has 0 spiro atoms. The molecular weight excluding hydrogens is 298 g/mol. The summed E-state index contributed by atoms with van der Waals surface area (Å²) in [6.07, 6.45) is 2.08. The average molecular weight is 316 g/mol. The standard InChI is InChI=1S/C14H18ClNO3S/c1-10-6-7-11(2)16(9-10)14(17)12-4-3-5-13(8-12)20(15,18)19/h3-5,8,10-11H,6-7,9H2,1-2H3. The van der Waals surface area contributed by atoms with Gasteiger partial charge in [-0.05, 0) is 43.9 Å². The third-order valence-electron chi connectivity index (χ3n) is 3.74. The van der Waals surface area contributed by atoms with E-state index in [1.165, 1.54) is 12.1 Å². The predicted octanol–water partition coefficient (Wildman–Crippen LogP) is 2.87. The maximum absolute atomic E-state index is 12.5. The highest BCUT2D eigenvalue weighted by Crippen LogP contribution is 2.24. The summed E-state index contributed by atoms with van der Waals surface area (Å²) in [7, 11) is 1.51. The van der Waals surface area contributed by atoms with Crippen LogP contribution in [0, 0.1) is 5.92 Å². The zero-order valence-electron chi connectivity index (χ0n) is 11.5. The number of nitrogens with zero attached hydrogens (tertiary/aromatic N) is 1. The Morgan fingerprint density at radius 3 is 2.65 bits per heavy atom. The zero-order chi connectivity index (χ0) is 14.9. The minimum absolute atomic E-state index is 0.0391. The van der Waals surface area contributed by atoms with Gasteiger partial charge in [0.2, 0.25) is 0 Å². The van der Waals surface area contributed by atoms with Crippen molar-refractivity contribution >= 4 is 25.6 Å². The Morgan fingerprint density at radius 2 is 2.00 bits per heavy atom. The summed E-state index contributed by atoms with van der Waals surface area (Å²) in [5.41, 5.74) is 0.368. The molecule has 1 amide bonds. The monoisotopic (exact) mass is 315 g/mol. The maximum atomic E-state index is 12.5. The summed E-state index contributed by atoms with van der Waals surface area (Å²) >= 11 is 0. The van der Waals surface area contributed by atoms with Crippen molar-refractivity contribution in [1.82, 2.24) is 4.90 Å². The van der Waals surface area contributed by atoms with Crippen molar-refractivity contribution in [3.8, 4) is 0 Å². The molecule has 2 unspecified atom stereocenters. The highest BCUT2D eigenvalue weighted by Gasteiger charge is 2.28. The van der Waals surface area contributed by atoms with E-state index in [4.69, 9.17) is 10.7 Å². The number of piperidine rings is 1. The Morgan fingerprint density at radius 1 is 1.30 bits per heavy atom. The molecule has 0 radical (unpaired) electrons. The van der Waals surface area contributed by atoms with E-state index in [-0.39, 0.29) is 16.8 Å². The molecule has 1 heterocycles. The van der Waals surface area contributed by atoms with Gasteiger partial charge in [-0.2, -0.15) is 0 Å². The fourth-order valence-electron chi connectivity index (χ4n) is 2.52. The van der Waals surface area contributed by atoms with Crippen LogP contribution in [0.15, 0.2) is 29.2 Å². The van der Waals surface area contributed by atoms with Crippen LogP contribution in [-0.2, 0) is 9.05 Å². The summed E-state index contributed by atoms with van der Waals surface area (Å²) in [4.78, 5) is 14.3. The van der Waals surface area contributed by atoms with Gasteiger partial charge in [-0.15, -0.1) is 0 Å². The number of hydrogen-bond acceptors (Lipinski definition) is 3. The van der Waals surface area contributed by atoms with Crippen molar-refractivity contribution in [3.05, 3.63) is 29.8 Å².